The van der Waals surface area contributed by atoms with Gasteiger partial charge in [0, 0.05) is 23.6 Å². The van der Waals surface area contributed by atoms with Gasteiger partial charge in [0.15, 0.2) is 11.8 Å². The highest BCUT2D eigenvalue weighted by Gasteiger charge is 2.64. The van der Waals surface area contributed by atoms with Crippen molar-refractivity contribution in [3.63, 3.8) is 0 Å². The Morgan fingerprint density at radius 2 is 1.70 bits per heavy atom. The molecule has 168 valence electrons. The van der Waals surface area contributed by atoms with E-state index in [2.05, 4.69) is 0 Å². The monoisotopic (exact) mass is 445 g/mol. The van der Waals surface area contributed by atoms with E-state index in [1.54, 1.807) is 54.5 Å². The largest absolute Gasteiger partial charge is 0.497 e. The fourth-order valence-corrected chi connectivity index (χ4v) is 4.90. The van der Waals surface area contributed by atoms with Crippen molar-refractivity contribution < 1.29 is 28.9 Å². The molecule has 3 atom stereocenters. The van der Waals surface area contributed by atoms with Gasteiger partial charge in [-0.1, -0.05) is 42.5 Å². The number of amides is 1. The predicted molar refractivity (Wildman–Crippen MR) is 119 cm³/mol. The van der Waals surface area contributed by atoms with Gasteiger partial charge in [-0.05, 0) is 35.4 Å². The second-order valence-corrected chi connectivity index (χ2v) is 8.13. The summed E-state index contributed by atoms with van der Waals surface area (Å²) >= 11 is 0. The lowest BCUT2D eigenvalue weighted by Gasteiger charge is -2.30. The first kappa shape index (κ1) is 21.0. The zero-order valence-electron chi connectivity index (χ0n) is 18.2. The summed E-state index contributed by atoms with van der Waals surface area (Å²) in [5, 5.41) is 10.4. The molecule has 3 aromatic rings. The van der Waals surface area contributed by atoms with Crippen LogP contribution in [0.25, 0.3) is 0 Å². The maximum atomic E-state index is 13.9. The first-order valence-corrected chi connectivity index (χ1v) is 10.6. The molecule has 7 heteroatoms. The second-order valence-electron chi connectivity index (χ2n) is 8.13. The minimum atomic E-state index is -1.61. The SMILES string of the molecule is COc1ccc(C2O[C@@]3(C(=O)O)Cc4ccccc4[C@@H]3N2C(=O)c2ccccc2)c(OC)c1. The van der Waals surface area contributed by atoms with Gasteiger partial charge in [-0.2, -0.15) is 0 Å². The Balaban J connectivity index is 1.71. The number of carboxylic acids is 1. The van der Waals surface area contributed by atoms with Gasteiger partial charge in [0.1, 0.15) is 17.5 Å². The van der Waals surface area contributed by atoms with Gasteiger partial charge >= 0.3 is 5.97 Å². The van der Waals surface area contributed by atoms with E-state index in [4.69, 9.17) is 14.2 Å². The van der Waals surface area contributed by atoms with Crippen LogP contribution in [0.5, 0.6) is 11.5 Å². The molecule has 3 aromatic carbocycles. The molecule has 1 aliphatic carbocycles. The molecule has 1 N–H and O–H groups in total. The van der Waals surface area contributed by atoms with Crippen molar-refractivity contribution in [2.24, 2.45) is 0 Å². The Kier molecular flexibility index (Phi) is 5.06. The Bertz CT molecular complexity index is 1230. The minimum absolute atomic E-state index is 0.163. The van der Waals surface area contributed by atoms with Crippen molar-refractivity contribution in [3.8, 4) is 11.5 Å². The molecule has 5 rings (SSSR count). The molecular weight excluding hydrogens is 422 g/mol. The third kappa shape index (κ3) is 3.15. The zero-order valence-corrected chi connectivity index (χ0v) is 18.2. The molecule has 1 unspecified atom stereocenters. The minimum Gasteiger partial charge on any atom is -0.497 e. The number of nitrogens with zero attached hydrogens (tertiary/aromatic N) is 1. The summed E-state index contributed by atoms with van der Waals surface area (Å²) in [6.45, 7) is 0. The smallest absolute Gasteiger partial charge is 0.339 e. The number of fused-ring (bicyclic) bond motifs is 3. The summed E-state index contributed by atoms with van der Waals surface area (Å²) in [6, 6.07) is 20.7. The molecule has 1 fully saturated rings. The van der Waals surface area contributed by atoms with Gasteiger partial charge in [-0.15, -0.1) is 0 Å². The quantitative estimate of drug-likeness (QED) is 0.639. The third-order valence-corrected chi connectivity index (χ3v) is 6.42. The predicted octanol–water partition coefficient (Wildman–Crippen LogP) is 4.00. The summed E-state index contributed by atoms with van der Waals surface area (Å²) < 4.78 is 17.2. The number of rotatable bonds is 5. The van der Waals surface area contributed by atoms with Crippen molar-refractivity contribution in [3.05, 3.63) is 95.1 Å². The van der Waals surface area contributed by atoms with Crippen molar-refractivity contribution in [2.75, 3.05) is 14.2 Å². The number of methoxy groups -OCH3 is 2. The van der Waals surface area contributed by atoms with Gasteiger partial charge in [0.25, 0.3) is 5.91 Å². The van der Waals surface area contributed by atoms with Crippen LogP contribution in [0.15, 0.2) is 72.8 Å². The van der Waals surface area contributed by atoms with Crippen molar-refractivity contribution in [1.82, 2.24) is 4.90 Å². The van der Waals surface area contributed by atoms with Gasteiger partial charge in [-0.25, -0.2) is 4.79 Å². The van der Waals surface area contributed by atoms with E-state index in [-0.39, 0.29) is 12.3 Å². The third-order valence-electron chi connectivity index (χ3n) is 6.42. The lowest BCUT2D eigenvalue weighted by atomic mass is 9.94. The molecule has 1 aliphatic heterocycles. The van der Waals surface area contributed by atoms with Crippen LogP contribution in [0.4, 0.5) is 0 Å². The van der Waals surface area contributed by atoms with Gasteiger partial charge in [0.2, 0.25) is 0 Å². The van der Waals surface area contributed by atoms with Crippen LogP contribution in [0, 0.1) is 0 Å². The summed E-state index contributed by atoms with van der Waals surface area (Å²) in [7, 11) is 3.06. The van der Waals surface area contributed by atoms with Crippen LogP contribution in [0.2, 0.25) is 0 Å². The zero-order chi connectivity index (χ0) is 23.2. The van der Waals surface area contributed by atoms with E-state index in [1.165, 1.54) is 7.11 Å². The number of ether oxygens (including phenoxy) is 3. The van der Waals surface area contributed by atoms with Gasteiger partial charge < -0.3 is 19.3 Å². The average molecular weight is 445 g/mol. The first-order chi connectivity index (χ1) is 16.0. The highest BCUT2D eigenvalue weighted by molar-refractivity contribution is 5.96. The van der Waals surface area contributed by atoms with Crippen LogP contribution < -0.4 is 9.47 Å². The number of carbonyl (C=O) groups is 2. The summed E-state index contributed by atoms with van der Waals surface area (Å²) in [4.78, 5) is 28.1. The first-order valence-electron chi connectivity index (χ1n) is 10.6. The molecule has 2 aliphatic rings. The highest BCUT2D eigenvalue weighted by atomic mass is 16.6. The lowest BCUT2D eigenvalue weighted by Crippen LogP contribution is -2.44. The normalized spacial score (nSPS) is 23.0. The van der Waals surface area contributed by atoms with Crippen molar-refractivity contribution in [2.45, 2.75) is 24.3 Å². The summed E-state index contributed by atoms with van der Waals surface area (Å²) in [6.07, 6.45) is -0.801. The molecule has 0 spiro atoms. The number of aliphatic carboxylic acids is 1. The maximum Gasteiger partial charge on any atom is 0.339 e. The maximum absolute atomic E-state index is 13.9. The Morgan fingerprint density at radius 1 is 0.970 bits per heavy atom. The standard InChI is InChI=1S/C26H23NO6/c1-31-18-12-13-20(21(14-18)32-2)24-27(23(28)16-8-4-3-5-9-16)22-19-11-7-6-10-17(19)15-26(22,33-24)25(29)30/h3-14,22,24H,15H2,1-2H3,(H,29,30)/t22-,24?,26-/m0/s1. The molecular formula is C26H23NO6. The molecule has 33 heavy (non-hydrogen) atoms. The molecule has 0 bridgehead atoms. The second kappa shape index (κ2) is 7.94. The van der Waals surface area contributed by atoms with Crippen LogP contribution >= 0.6 is 0 Å². The fraction of sp³-hybridized carbons (Fsp3) is 0.231. The number of carbonyl (C=O) groups excluding carboxylic acids is 1. The highest BCUT2D eigenvalue weighted by Crippen LogP contribution is 2.57. The summed E-state index contributed by atoms with van der Waals surface area (Å²) in [5.74, 6) is -0.403. The van der Waals surface area contributed by atoms with E-state index in [1.807, 2.05) is 30.3 Å². The Labute approximate surface area is 191 Å². The number of benzene rings is 3. The number of carboxylic acid groups (broad SMARTS) is 1. The molecule has 0 radical (unpaired) electrons. The van der Waals surface area contributed by atoms with Crippen LogP contribution in [0.3, 0.4) is 0 Å². The van der Waals surface area contributed by atoms with Crippen LogP contribution in [-0.2, 0) is 16.0 Å². The van der Waals surface area contributed by atoms with Crippen molar-refractivity contribution >= 4 is 11.9 Å². The molecule has 0 aromatic heterocycles. The van der Waals surface area contributed by atoms with Crippen molar-refractivity contribution in [1.29, 1.82) is 0 Å². The van der Waals surface area contributed by atoms with E-state index < -0.39 is 23.8 Å². The Hall–Kier alpha value is -3.84. The molecule has 0 saturated carbocycles. The fourth-order valence-electron chi connectivity index (χ4n) is 4.90. The Morgan fingerprint density at radius 3 is 2.39 bits per heavy atom. The molecule has 1 amide bonds. The van der Waals surface area contributed by atoms with E-state index in [0.717, 1.165) is 11.1 Å². The molecule has 7 nitrogen and oxygen atoms in total. The van der Waals surface area contributed by atoms with E-state index >= 15 is 0 Å². The van der Waals surface area contributed by atoms with Gasteiger partial charge in [-0.3, -0.25) is 9.69 Å². The molecule has 1 saturated heterocycles. The topological polar surface area (TPSA) is 85.3 Å². The van der Waals surface area contributed by atoms with Crippen LogP contribution in [0.1, 0.15) is 39.3 Å². The van der Waals surface area contributed by atoms with Crippen LogP contribution in [-0.4, -0.2) is 41.7 Å². The van der Waals surface area contributed by atoms with E-state index in [0.29, 0.717) is 22.6 Å². The average Bonchev–Trinajstić information content (AvgIpc) is 3.36. The number of hydrogen-bond donors (Lipinski definition) is 1. The number of hydrogen-bond acceptors (Lipinski definition) is 5. The van der Waals surface area contributed by atoms with Gasteiger partial charge in [0.05, 0.1) is 14.2 Å². The van der Waals surface area contributed by atoms with E-state index in [9.17, 15) is 14.7 Å². The molecule has 1 heterocycles. The lowest BCUT2D eigenvalue weighted by molar-refractivity contribution is -0.165. The summed E-state index contributed by atoms with van der Waals surface area (Å²) in [5.41, 5.74) is 1.03.